The Morgan fingerprint density at radius 3 is 1.61 bits per heavy atom. The van der Waals surface area contributed by atoms with Crippen molar-refractivity contribution in [2.75, 3.05) is 0 Å². The number of benzene rings is 4. The van der Waals surface area contributed by atoms with Crippen LogP contribution in [0.2, 0.25) is 0 Å². The van der Waals surface area contributed by atoms with Crippen molar-refractivity contribution in [3.63, 3.8) is 0 Å². The SMILES string of the molecule is Cc1cc(C)cc(C)c1.Cc1ccc(S(=O)(=O)N[C@@](N)(c2ccccc2)[C@@H](Cl)c2ccccc2)cc1. The molecule has 0 heterocycles. The maximum atomic E-state index is 13.0. The Morgan fingerprint density at radius 1 is 0.694 bits per heavy atom. The molecule has 0 aliphatic carbocycles. The molecule has 0 aliphatic rings. The summed E-state index contributed by atoms with van der Waals surface area (Å²) >= 11 is 6.71. The predicted octanol–water partition coefficient (Wildman–Crippen LogP) is 6.68. The van der Waals surface area contributed by atoms with Gasteiger partial charge in [0.15, 0.2) is 0 Å². The molecule has 0 bridgehead atoms. The average molecular weight is 521 g/mol. The largest absolute Gasteiger partial charge is 0.307 e. The number of halogens is 1. The second-order valence-corrected chi connectivity index (χ2v) is 11.2. The molecule has 0 radical (unpaired) electrons. The van der Waals surface area contributed by atoms with Crippen LogP contribution < -0.4 is 10.5 Å². The lowest BCUT2D eigenvalue weighted by molar-refractivity contribution is 0.392. The molecule has 4 aromatic carbocycles. The lowest BCUT2D eigenvalue weighted by Gasteiger charge is -2.35. The summed E-state index contributed by atoms with van der Waals surface area (Å²) in [5, 5.41) is -0.818. The van der Waals surface area contributed by atoms with E-state index in [9.17, 15) is 8.42 Å². The van der Waals surface area contributed by atoms with Crippen molar-refractivity contribution < 1.29 is 8.42 Å². The minimum Gasteiger partial charge on any atom is -0.307 e. The van der Waals surface area contributed by atoms with Crippen molar-refractivity contribution in [3.8, 4) is 0 Å². The molecule has 0 unspecified atom stereocenters. The topological polar surface area (TPSA) is 72.2 Å². The number of aryl methyl sites for hydroxylation is 4. The lowest BCUT2D eigenvalue weighted by atomic mass is 9.93. The predicted molar refractivity (Wildman–Crippen MR) is 149 cm³/mol. The van der Waals surface area contributed by atoms with Crippen LogP contribution in [0.15, 0.2) is 108 Å². The van der Waals surface area contributed by atoms with Crippen LogP contribution in [0.5, 0.6) is 0 Å². The third-order valence-corrected chi connectivity index (χ3v) is 7.84. The Morgan fingerprint density at radius 2 is 1.14 bits per heavy atom. The highest BCUT2D eigenvalue weighted by molar-refractivity contribution is 7.89. The first-order valence-corrected chi connectivity index (χ1v) is 13.6. The highest BCUT2D eigenvalue weighted by Gasteiger charge is 2.40. The van der Waals surface area contributed by atoms with E-state index in [1.807, 2.05) is 43.3 Å². The van der Waals surface area contributed by atoms with Crippen LogP contribution in [0.3, 0.4) is 0 Å². The van der Waals surface area contributed by atoms with E-state index in [0.29, 0.717) is 5.56 Å². The van der Waals surface area contributed by atoms with E-state index in [4.69, 9.17) is 17.3 Å². The molecule has 36 heavy (non-hydrogen) atoms. The highest BCUT2D eigenvalue weighted by Crippen LogP contribution is 2.37. The number of rotatable bonds is 6. The number of hydrogen-bond donors (Lipinski definition) is 2. The summed E-state index contributed by atoms with van der Waals surface area (Å²) < 4.78 is 28.7. The van der Waals surface area contributed by atoms with Gasteiger partial charge in [-0.15, -0.1) is 11.6 Å². The monoisotopic (exact) mass is 520 g/mol. The molecule has 4 rings (SSSR count). The van der Waals surface area contributed by atoms with E-state index in [1.54, 1.807) is 48.5 Å². The van der Waals surface area contributed by atoms with Gasteiger partial charge in [0.2, 0.25) is 10.0 Å². The molecule has 0 fully saturated rings. The molecule has 3 N–H and O–H groups in total. The molecule has 2 atom stereocenters. The highest BCUT2D eigenvalue weighted by atomic mass is 35.5. The molecule has 4 aromatic rings. The Bertz CT molecular complexity index is 1330. The van der Waals surface area contributed by atoms with Crippen LogP contribution in [0.1, 0.15) is 38.8 Å². The number of alkyl halides is 1. The molecule has 0 aromatic heterocycles. The van der Waals surface area contributed by atoms with E-state index in [1.165, 1.54) is 16.7 Å². The van der Waals surface area contributed by atoms with Gasteiger partial charge >= 0.3 is 0 Å². The van der Waals surface area contributed by atoms with Gasteiger partial charge in [-0.25, -0.2) is 8.42 Å². The third kappa shape index (κ3) is 7.05. The number of sulfonamides is 1. The molecule has 0 aliphatic heterocycles. The zero-order valence-corrected chi connectivity index (χ0v) is 22.6. The Kier molecular flexibility index (Phi) is 9.09. The van der Waals surface area contributed by atoms with Gasteiger partial charge in [0, 0.05) is 0 Å². The van der Waals surface area contributed by atoms with Crippen molar-refractivity contribution in [3.05, 3.63) is 137 Å². The van der Waals surface area contributed by atoms with Gasteiger partial charge in [0.05, 0.1) is 10.3 Å². The van der Waals surface area contributed by atoms with Gasteiger partial charge in [0.25, 0.3) is 0 Å². The first-order valence-electron chi connectivity index (χ1n) is 11.7. The van der Waals surface area contributed by atoms with Crippen LogP contribution in [0.4, 0.5) is 0 Å². The molecule has 0 amide bonds. The summed E-state index contributed by atoms with van der Waals surface area (Å²) in [7, 11) is -3.90. The first-order chi connectivity index (χ1) is 17.0. The zero-order valence-electron chi connectivity index (χ0n) is 21.1. The van der Waals surface area contributed by atoms with Crippen LogP contribution in [-0.2, 0) is 15.7 Å². The Labute approximate surface area is 220 Å². The van der Waals surface area contributed by atoms with Crippen molar-refractivity contribution in [2.45, 2.75) is 43.6 Å². The number of nitrogens with two attached hydrogens (primary N) is 1. The third-order valence-electron chi connectivity index (χ3n) is 5.74. The zero-order chi connectivity index (χ0) is 26.3. The van der Waals surface area contributed by atoms with Crippen molar-refractivity contribution >= 4 is 21.6 Å². The van der Waals surface area contributed by atoms with Crippen molar-refractivity contribution in [1.82, 2.24) is 4.72 Å². The summed E-state index contributed by atoms with van der Waals surface area (Å²) in [6.45, 7) is 8.27. The number of nitrogens with one attached hydrogen (secondary N) is 1. The standard InChI is InChI=1S/C21H21ClN2O2S.C9H12/c1-16-12-14-19(15-13-16)27(25,26)24-21(23,18-10-6-3-7-11-18)20(22)17-8-4-2-5-9-17;1-7-4-8(2)6-9(3)5-7/h2-15,20,24H,23H2,1H3;4-6H,1-3H3/t20-,21-;/m0./s1. The fourth-order valence-electron chi connectivity index (χ4n) is 4.06. The molecule has 0 saturated carbocycles. The molecular weight excluding hydrogens is 488 g/mol. The van der Waals surface area contributed by atoms with Gasteiger partial charge < -0.3 is 5.73 Å². The van der Waals surface area contributed by atoms with Crippen LogP contribution in [0.25, 0.3) is 0 Å². The molecule has 6 heteroatoms. The van der Waals surface area contributed by atoms with Gasteiger partial charge in [-0.3, -0.25) is 0 Å². The van der Waals surface area contributed by atoms with E-state index in [0.717, 1.165) is 11.1 Å². The van der Waals surface area contributed by atoms with Crippen LogP contribution in [0, 0.1) is 27.7 Å². The Hall–Kier alpha value is -2.96. The van der Waals surface area contributed by atoms with Gasteiger partial charge in [-0.2, -0.15) is 4.72 Å². The smallest absolute Gasteiger partial charge is 0.242 e. The van der Waals surface area contributed by atoms with E-state index >= 15 is 0 Å². The van der Waals surface area contributed by atoms with Gasteiger partial charge in [-0.1, -0.05) is 113 Å². The molecule has 0 saturated heterocycles. The summed E-state index contributed by atoms with van der Waals surface area (Å²) in [6.07, 6.45) is 0. The molecule has 188 valence electrons. The fraction of sp³-hybridized carbons (Fsp3) is 0.200. The van der Waals surface area contributed by atoms with E-state index < -0.39 is 21.1 Å². The summed E-state index contributed by atoms with van der Waals surface area (Å²) in [5.41, 5.74) is 11.4. The Balaban J connectivity index is 0.000000338. The second kappa shape index (κ2) is 11.8. The summed E-state index contributed by atoms with van der Waals surface area (Å²) in [6, 6.07) is 31.3. The van der Waals surface area contributed by atoms with Crippen molar-refractivity contribution in [1.29, 1.82) is 0 Å². The number of hydrogen-bond acceptors (Lipinski definition) is 3. The van der Waals surface area contributed by atoms with Crippen LogP contribution in [-0.4, -0.2) is 8.42 Å². The van der Waals surface area contributed by atoms with Gasteiger partial charge in [-0.05, 0) is 51.0 Å². The minimum atomic E-state index is -3.90. The lowest BCUT2D eigenvalue weighted by Crippen LogP contribution is -2.55. The maximum Gasteiger partial charge on any atom is 0.242 e. The first kappa shape index (κ1) is 27.6. The fourth-order valence-corrected chi connectivity index (χ4v) is 5.74. The quantitative estimate of drug-likeness (QED) is 0.220. The second-order valence-electron chi connectivity index (χ2n) is 9.09. The summed E-state index contributed by atoms with van der Waals surface area (Å²) in [4.78, 5) is 0.135. The van der Waals surface area contributed by atoms with Gasteiger partial charge in [0.1, 0.15) is 5.66 Å². The average Bonchev–Trinajstić information content (AvgIpc) is 2.84. The van der Waals surface area contributed by atoms with Crippen LogP contribution >= 0.6 is 11.6 Å². The minimum absolute atomic E-state index is 0.135. The van der Waals surface area contributed by atoms with E-state index in [-0.39, 0.29) is 4.90 Å². The molecule has 4 nitrogen and oxygen atoms in total. The molecular formula is C30H33ClN2O2S. The van der Waals surface area contributed by atoms with E-state index in [2.05, 4.69) is 43.7 Å². The summed E-state index contributed by atoms with van der Waals surface area (Å²) in [5.74, 6) is 0. The maximum absolute atomic E-state index is 13.0. The normalized spacial score (nSPS) is 13.7. The van der Waals surface area contributed by atoms with Crippen molar-refractivity contribution in [2.24, 2.45) is 5.73 Å². The molecule has 0 spiro atoms.